The number of hydrogen-bond acceptors (Lipinski definition) is 7. The Morgan fingerprint density at radius 1 is 1.03 bits per heavy atom. The van der Waals surface area contributed by atoms with Crippen LogP contribution in [0.3, 0.4) is 0 Å². The zero-order valence-corrected chi connectivity index (χ0v) is 19.6. The van der Waals surface area contributed by atoms with Gasteiger partial charge < -0.3 is 15.2 Å². The SMILES string of the molecule is Cc1ccc(C2NNC3OC(N)=C(C#N)C(c4ccc(OC(=O)c5ccccc5Cl)cc4)C32)cc1. The number of rotatable bonds is 4. The van der Waals surface area contributed by atoms with Crippen molar-refractivity contribution >= 4 is 17.6 Å². The summed E-state index contributed by atoms with van der Waals surface area (Å²) >= 11 is 6.11. The molecule has 0 spiro atoms. The van der Waals surface area contributed by atoms with Crippen LogP contribution in [0.2, 0.25) is 5.02 Å². The van der Waals surface area contributed by atoms with E-state index in [1.165, 1.54) is 0 Å². The van der Waals surface area contributed by atoms with E-state index < -0.39 is 12.2 Å². The number of ether oxygens (including phenoxy) is 2. The fourth-order valence-corrected chi connectivity index (χ4v) is 4.90. The molecule has 0 radical (unpaired) electrons. The summed E-state index contributed by atoms with van der Waals surface area (Å²) in [7, 11) is 0. The number of hydrogen-bond donors (Lipinski definition) is 3. The molecule has 2 aliphatic rings. The van der Waals surface area contributed by atoms with Crippen LogP contribution in [0.5, 0.6) is 5.75 Å². The van der Waals surface area contributed by atoms with Gasteiger partial charge in [0.05, 0.1) is 22.2 Å². The van der Waals surface area contributed by atoms with Crippen LogP contribution >= 0.6 is 11.6 Å². The highest BCUT2D eigenvalue weighted by Crippen LogP contribution is 2.47. The van der Waals surface area contributed by atoms with Crippen molar-refractivity contribution in [3.63, 3.8) is 0 Å². The Bertz CT molecular complexity index is 1330. The Balaban J connectivity index is 1.45. The van der Waals surface area contributed by atoms with Crippen LogP contribution in [0, 0.1) is 24.2 Å². The molecule has 8 heteroatoms. The number of nitrogens with zero attached hydrogens (tertiary/aromatic N) is 1. The number of nitriles is 1. The average molecular weight is 487 g/mol. The number of allylic oxidation sites excluding steroid dienone is 1. The summed E-state index contributed by atoms with van der Waals surface area (Å²) in [6.45, 7) is 2.04. The third-order valence-corrected chi connectivity index (χ3v) is 6.76. The number of esters is 1. The summed E-state index contributed by atoms with van der Waals surface area (Å²) < 4.78 is 11.4. The fourth-order valence-electron chi connectivity index (χ4n) is 4.69. The Morgan fingerprint density at radius 3 is 2.40 bits per heavy atom. The molecule has 0 saturated carbocycles. The number of nitrogens with two attached hydrogens (primary N) is 1. The molecule has 4 atom stereocenters. The lowest BCUT2D eigenvalue weighted by Gasteiger charge is -2.36. The van der Waals surface area contributed by atoms with Crippen molar-refractivity contribution in [3.05, 3.63) is 112 Å². The van der Waals surface area contributed by atoms with Gasteiger partial charge in [-0.3, -0.25) is 0 Å². The lowest BCUT2D eigenvalue weighted by Crippen LogP contribution is -2.40. The summed E-state index contributed by atoms with van der Waals surface area (Å²) in [5, 5.41) is 10.3. The molecule has 3 aromatic carbocycles. The van der Waals surface area contributed by atoms with Gasteiger partial charge >= 0.3 is 5.97 Å². The topological polar surface area (TPSA) is 109 Å². The first-order valence-corrected chi connectivity index (χ1v) is 11.5. The Hall–Kier alpha value is -3.83. The number of halogens is 1. The summed E-state index contributed by atoms with van der Waals surface area (Å²) in [5.74, 6) is -0.542. The molecule has 35 heavy (non-hydrogen) atoms. The van der Waals surface area contributed by atoms with E-state index in [-0.39, 0.29) is 29.3 Å². The van der Waals surface area contributed by atoms with Gasteiger partial charge in [-0.25, -0.2) is 15.6 Å². The van der Waals surface area contributed by atoms with Gasteiger partial charge in [-0.05, 0) is 42.3 Å². The van der Waals surface area contributed by atoms with Crippen LogP contribution in [-0.2, 0) is 4.74 Å². The van der Waals surface area contributed by atoms with Gasteiger partial charge in [0.2, 0.25) is 5.88 Å². The second-order valence-corrected chi connectivity index (χ2v) is 9.01. The molecule has 2 heterocycles. The summed E-state index contributed by atoms with van der Waals surface area (Å²) in [4.78, 5) is 12.5. The van der Waals surface area contributed by atoms with Crippen LogP contribution in [0.25, 0.3) is 0 Å². The first-order valence-electron chi connectivity index (χ1n) is 11.2. The lowest BCUT2D eigenvalue weighted by atomic mass is 9.74. The van der Waals surface area contributed by atoms with Crippen LogP contribution in [0.15, 0.2) is 84.3 Å². The maximum absolute atomic E-state index is 12.5. The van der Waals surface area contributed by atoms with Crippen molar-refractivity contribution < 1.29 is 14.3 Å². The third-order valence-electron chi connectivity index (χ3n) is 6.43. The van der Waals surface area contributed by atoms with Crippen molar-refractivity contribution in [2.75, 3.05) is 0 Å². The number of aryl methyl sites for hydroxylation is 1. The molecule has 0 bridgehead atoms. The Kier molecular flexibility index (Phi) is 6.18. The molecular weight excluding hydrogens is 464 g/mol. The second-order valence-electron chi connectivity index (χ2n) is 8.60. The number of benzene rings is 3. The lowest BCUT2D eigenvalue weighted by molar-refractivity contribution is 0.0340. The highest BCUT2D eigenvalue weighted by molar-refractivity contribution is 6.33. The minimum Gasteiger partial charge on any atom is -0.458 e. The summed E-state index contributed by atoms with van der Waals surface area (Å²) in [6, 6.07) is 24.2. The first-order chi connectivity index (χ1) is 17.0. The quantitative estimate of drug-likeness (QED) is 0.368. The Labute approximate surface area is 208 Å². The maximum Gasteiger partial charge on any atom is 0.345 e. The first kappa shape index (κ1) is 22.9. The molecule has 4 N–H and O–H groups in total. The molecule has 176 valence electrons. The molecule has 2 aliphatic heterocycles. The van der Waals surface area contributed by atoms with Crippen molar-refractivity contribution in [2.45, 2.75) is 25.1 Å². The van der Waals surface area contributed by atoms with Gasteiger partial charge in [0.1, 0.15) is 11.8 Å². The van der Waals surface area contributed by atoms with Gasteiger partial charge in [0.15, 0.2) is 6.23 Å². The zero-order valence-electron chi connectivity index (χ0n) is 18.9. The molecule has 0 aromatic heterocycles. The summed E-state index contributed by atoms with van der Waals surface area (Å²) in [6.07, 6.45) is -0.416. The average Bonchev–Trinajstić information content (AvgIpc) is 3.27. The van der Waals surface area contributed by atoms with E-state index >= 15 is 0 Å². The van der Waals surface area contributed by atoms with Crippen LogP contribution < -0.4 is 21.3 Å². The van der Waals surface area contributed by atoms with Crippen molar-refractivity contribution in [1.29, 1.82) is 5.26 Å². The van der Waals surface area contributed by atoms with E-state index in [9.17, 15) is 10.1 Å². The minimum atomic E-state index is -0.542. The zero-order chi connectivity index (χ0) is 24.5. The number of nitrogens with one attached hydrogen (secondary N) is 2. The molecule has 5 rings (SSSR count). The van der Waals surface area contributed by atoms with Crippen molar-refractivity contribution in [2.24, 2.45) is 11.7 Å². The Morgan fingerprint density at radius 2 is 1.71 bits per heavy atom. The molecule has 4 unspecified atom stereocenters. The van der Waals surface area contributed by atoms with E-state index in [1.807, 2.05) is 19.1 Å². The van der Waals surface area contributed by atoms with E-state index in [1.54, 1.807) is 36.4 Å². The number of carbonyl (C=O) groups excluding carboxylic acids is 1. The highest BCUT2D eigenvalue weighted by atomic mass is 35.5. The largest absolute Gasteiger partial charge is 0.458 e. The van der Waals surface area contributed by atoms with E-state index in [4.69, 9.17) is 26.8 Å². The van der Waals surface area contributed by atoms with Gasteiger partial charge in [0, 0.05) is 11.8 Å². The van der Waals surface area contributed by atoms with Crippen LogP contribution in [-0.4, -0.2) is 12.2 Å². The van der Waals surface area contributed by atoms with E-state index in [0.29, 0.717) is 16.3 Å². The molecule has 7 nitrogen and oxygen atoms in total. The standard InChI is InChI=1S/C27H23ClN4O3/c1-15-6-8-17(9-7-15)24-23-22(20(14-29)25(30)35-26(23)32-31-24)16-10-12-18(13-11-16)34-27(33)19-4-2-3-5-21(19)28/h2-13,22-24,26,31-32H,30H2,1H3. The third kappa shape index (κ3) is 4.35. The molecule has 0 amide bonds. The number of hydrazine groups is 1. The number of carbonyl (C=O) groups is 1. The van der Waals surface area contributed by atoms with Crippen LogP contribution in [0.4, 0.5) is 0 Å². The smallest absolute Gasteiger partial charge is 0.345 e. The fraction of sp³-hybridized carbons (Fsp3) is 0.185. The highest BCUT2D eigenvalue weighted by Gasteiger charge is 2.49. The van der Waals surface area contributed by atoms with Crippen molar-refractivity contribution in [3.8, 4) is 11.8 Å². The normalized spacial score (nSPS) is 23.2. The predicted molar refractivity (Wildman–Crippen MR) is 131 cm³/mol. The predicted octanol–water partition coefficient (Wildman–Crippen LogP) is 4.47. The maximum atomic E-state index is 12.5. The number of fused-ring (bicyclic) bond motifs is 1. The van der Waals surface area contributed by atoms with Gasteiger partial charge in [0.25, 0.3) is 0 Å². The molecule has 3 aromatic rings. The monoisotopic (exact) mass is 486 g/mol. The second kappa shape index (κ2) is 9.43. The van der Waals surface area contributed by atoms with Gasteiger partial charge in [-0.2, -0.15) is 5.26 Å². The minimum absolute atomic E-state index is 0.104. The van der Waals surface area contributed by atoms with Gasteiger partial charge in [-0.1, -0.05) is 65.7 Å². The van der Waals surface area contributed by atoms with Crippen LogP contribution in [0.1, 0.15) is 39.0 Å². The molecular formula is C27H23ClN4O3. The molecule has 1 fully saturated rings. The van der Waals surface area contributed by atoms with E-state index in [0.717, 1.165) is 16.7 Å². The molecule has 0 aliphatic carbocycles. The van der Waals surface area contributed by atoms with Crippen molar-refractivity contribution in [1.82, 2.24) is 10.9 Å². The van der Waals surface area contributed by atoms with Gasteiger partial charge in [-0.15, -0.1) is 0 Å². The summed E-state index contributed by atoms with van der Waals surface area (Å²) in [5.41, 5.74) is 16.4. The van der Waals surface area contributed by atoms with E-state index in [2.05, 4.69) is 41.2 Å². The molecule has 1 saturated heterocycles.